The first-order valence-corrected chi connectivity index (χ1v) is 9.63. The van der Waals surface area contributed by atoms with Crippen molar-refractivity contribution in [3.8, 4) is 0 Å². The number of hydrogen-bond donors (Lipinski definition) is 0. The first-order valence-electron chi connectivity index (χ1n) is 7.81. The monoisotopic (exact) mass is 349 g/mol. The third kappa shape index (κ3) is 2.82. The third-order valence-electron chi connectivity index (χ3n) is 4.41. The summed E-state index contributed by atoms with van der Waals surface area (Å²) in [5.41, 5.74) is -0.0903. The Morgan fingerprint density at radius 3 is 2.58 bits per heavy atom. The first-order chi connectivity index (χ1) is 11.3. The maximum Gasteiger partial charge on any atom is 0.275 e. The van der Waals surface area contributed by atoms with E-state index in [0.717, 1.165) is 4.68 Å². The Labute approximate surface area is 139 Å². The molecule has 2 aromatic rings. The van der Waals surface area contributed by atoms with Crippen LogP contribution in [0.15, 0.2) is 29.1 Å². The standard InChI is InChI=1S/C16H19N3O4S/c1-3-19(11-8-9-24(22,23)10-11)16(21)14-12-6-4-5-7-13(12)15(20)18(2)17-14/h4-7,11H,3,8-10H2,1-2H3/t11-/m0/s1. The second-order valence-electron chi connectivity index (χ2n) is 5.97. The Morgan fingerprint density at radius 2 is 2.00 bits per heavy atom. The molecule has 0 bridgehead atoms. The van der Waals surface area contributed by atoms with Crippen LogP contribution < -0.4 is 5.56 Å². The van der Waals surface area contributed by atoms with Crippen molar-refractivity contribution in [2.24, 2.45) is 7.05 Å². The quantitative estimate of drug-likeness (QED) is 0.809. The molecule has 0 spiro atoms. The van der Waals surface area contributed by atoms with Crippen molar-refractivity contribution in [3.63, 3.8) is 0 Å². The fraction of sp³-hybridized carbons (Fsp3) is 0.438. The van der Waals surface area contributed by atoms with Crippen LogP contribution in [0.25, 0.3) is 10.8 Å². The van der Waals surface area contributed by atoms with Crippen LogP contribution in [0.4, 0.5) is 0 Å². The topological polar surface area (TPSA) is 89.3 Å². The van der Waals surface area contributed by atoms with Gasteiger partial charge in [-0.2, -0.15) is 5.10 Å². The molecule has 0 aliphatic carbocycles. The SMILES string of the molecule is CCN(C(=O)c1nn(C)c(=O)c2ccccc12)[C@H]1CCS(=O)(=O)C1. The van der Waals surface area contributed by atoms with Gasteiger partial charge in [-0.05, 0) is 19.4 Å². The van der Waals surface area contributed by atoms with E-state index in [-0.39, 0.29) is 34.7 Å². The summed E-state index contributed by atoms with van der Waals surface area (Å²) in [6, 6.07) is 6.49. The van der Waals surface area contributed by atoms with Gasteiger partial charge in [-0.1, -0.05) is 18.2 Å². The van der Waals surface area contributed by atoms with E-state index in [4.69, 9.17) is 0 Å². The number of benzene rings is 1. The van der Waals surface area contributed by atoms with Gasteiger partial charge in [0.2, 0.25) is 0 Å². The maximum absolute atomic E-state index is 13.0. The number of sulfone groups is 1. The minimum atomic E-state index is -3.09. The Morgan fingerprint density at radius 1 is 1.33 bits per heavy atom. The third-order valence-corrected chi connectivity index (χ3v) is 6.16. The zero-order valence-electron chi connectivity index (χ0n) is 13.6. The molecule has 8 heteroatoms. The van der Waals surface area contributed by atoms with E-state index >= 15 is 0 Å². The number of carbonyl (C=O) groups excluding carboxylic acids is 1. The van der Waals surface area contributed by atoms with Gasteiger partial charge in [0, 0.05) is 25.0 Å². The first kappa shape index (κ1) is 16.6. The van der Waals surface area contributed by atoms with Crippen molar-refractivity contribution >= 4 is 26.5 Å². The fourth-order valence-corrected chi connectivity index (χ4v) is 4.91. The zero-order chi connectivity index (χ0) is 17.5. The minimum absolute atomic E-state index is 0.0176. The Balaban J connectivity index is 2.08. The van der Waals surface area contributed by atoms with Crippen LogP contribution in [0.5, 0.6) is 0 Å². The maximum atomic E-state index is 13.0. The summed E-state index contributed by atoms with van der Waals surface area (Å²) in [5, 5.41) is 5.06. The highest BCUT2D eigenvalue weighted by molar-refractivity contribution is 7.91. The number of rotatable bonds is 3. The second kappa shape index (κ2) is 6.01. The number of amides is 1. The van der Waals surface area contributed by atoms with Crippen LogP contribution in [0.1, 0.15) is 23.8 Å². The summed E-state index contributed by atoms with van der Waals surface area (Å²) in [5.74, 6) is -0.259. The molecular weight excluding hydrogens is 330 g/mol. The van der Waals surface area contributed by atoms with Gasteiger partial charge in [0.1, 0.15) is 0 Å². The normalized spacial score (nSPS) is 19.5. The molecule has 1 aliphatic rings. The number of fused-ring (bicyclic) bond motifs is 1. The average molecular weight is 349 g/mol. The van der Waals surface area contributed by atoms with Crippen molar-refractivity contribution in [3.05, 3.63) is 40.3 Å². The summed E-state index contributed by atoms with van der Waals surface area (Å²) in [7, 11) is -1.59. The van der Waals surface area contributed by atoms with Gasteiger partial charge in [0.05, 0.1) is 16.9 Å². The van der Waals surface area contributed by atoms with E-state index in [0.29, 0.717) is 23.7 Å². The molecule has 1 saturated heterocycles. The van der Waals surface area contributed by atoms with Crippen LogP contribution in [-0.2, 0) is 16.9 Å². The lowest BCUT2D eigenvalue weighted by atomic mass is 10.1. The van der Waals surface area contributed by atoms with Crippen molar-refractivity contribution < 1.29 is 13.2 Å². The van der Waals surface area contributed by atoms with E-state index in [2.05, 4.69) is 5.10 Å². The zero-order valence-corrected chi connectivity index (χ0v) is 14.4. The van der Waals surface area contributed by atoms with Gasteiger partial charge in [-0.15, -0.1) is 0 Å². The van der Waals surface area contributed by atoms with E-state index < -0.39 is 9.84 Å². The highest BCUT2D eigenvalue weighted by Crippen LogP contribution is 2.21. The molecule has 1 aromatic carbocycles. The lowest BCUT2D eigenvalue weighted by Gasteiger charge is -2.27. The molecule has 1 aliphatic heterocycles. The second-order valence-corrected chi connectivity index (χ2v) is 8.20. The Kier molecular flexibility index (Phi) is 4.16. The number of carbonyl (C=O) groups is 1. The molecule has 3 rings (SSSR count). The molecule has 0 saturated carbocycles. The molecule has 2 heterocycles. The van der Waals surface area contributed by atoms with Crippen molar-refractivity contribution in [2.45, 2.75) is 19.4 Å². The molecule has 1 atom stereocenters. The summed E-state index contributed by atoms with van der Waals surface area (Å²) in [6.07, 6.45) is 0.436. The average Bonchev–Trinajstić information content (AvgIpc) is 2.91. The molecule has 1 amide bonds. The molecule has 24 heavy (non-hydrogen) atoms. The lowest BCUT2D eigenvalue weighted by Crippen LogP contribution is -2.42. The Hall–Kier alpha value is -2.22. The smallest absolute Gasteiger partial charge is 0.275 e. The van der Waals surface area contributed by atoms with Gasteiger partial charge in [0.25, 0.3) is 11.5 Å². The molecule has 1 fully saturated rings. The molecule has 0 N–H and O–H groups in total. The molecule has 7 nitrogen and oxygen atoms in total. The number of aryl methyl sites for hydroxylation is 1. The highest BCUT2D eigenvalue weighted by atomic mass is 32.2. The van der Waals surface area contributed by atoms with Gasteiger partial charge >= 0.3 is 0 Å². The van der Waals surface area contributed by atoms with E-state index in [1.807, 2.05) is 6.92 Å². The summed E-state index contributed by atoms with van der Waals surface area (Å²) >= 11 is 0. The lowest BCUT2D eigenvalue weighted by molar-refractivity contribution is 0.0702. The predicted molar refractivity (Wildman–Crippen MR) is 90.8 cm³/mol. The van der Waals surface area contributed by atoms with Gasteiger partial charge in [-0.3, -0.25) is 9.59 Å². The number of nitrogens with zero attached hydrogens (tertiary/aromatic N) is 3. The molecular formula is C16H19N3O4S. The van der Waals surface area contributed by atoms with Gasteiger partial charge in [-0.25, -0.2) is 13.1 Å². The van der Waals surface area contributed by atoms with Crippen LogP contribution in [0.2, 0.25) is 0 Å². The van der Waals surface area contributed by atoms with Crippen LogP contribution >= 0.6 is 0 Å². The summed E-state index contributed by atoms with van der Waals surface area (Å²) in [4.78, 5) is 26.7. The van der Waals surface area contributed by atoms with Gasteiger partial charge < -0.3 is 4.90 Å². The van der Waals surface area contributed by atoms with Crippen molar-refractivity contribution in [1.82, 2.24) is 14.7 Å². The van der Waals surface area contributed by atoms with Crippen molar-refractivity contribution in [1.29, 1.82) is 0 Å². The molecule has 1 aromatic heterocycles. The van der Waals surface area contributed by atoms with Crippen molar-refractivity contribution in [2.75, 3.05) is 18.1 Å². The number of aromatic nitrogens is 2. The van der Waals surface area contributed by atoms with E-state index in [1.54, 1.807) is 29.2 Å². The largest absolute Gasteiger partial charge is 0.333 e. The molecule has 0 radical (unpaired) electrons. The van der Waals surface area contributed by atoms with Crippen LogP contribution in [0, 0.1) is 0 Å². The van der Waals surface area contributed by atoms with Crippen LogP contribution in [0.3, 0.4) is 0 Å². The highest BCUT2D eigenvalue weighted by Gasteiger charge is 2.35. The summed E-state index contributed by atoms with van der Waals surface area (Å²) < 4.78 is 24.6. The number of hydrogen-bond acceptors (Lipinski definition) is 5. The minimum Gasteiger partial charge on any atom is -0.333 e. The molecule has 128 valence electrons. The van der Waals surface area contributed by atoms with Gasteiger partial charge in [0.15, 0.2) is 15.5 Å². The summed E-state index contributed by atoms with van der Waals surface area (Å²) in [6.45, 7) is 2.20. The predicted octanol–water partition coefficient (Wildman–Crippen LogP) is 0.583. The fourth-order valence-electron chi connectivity index (χ4n) is 3.18. The van der Waals surface area contributed by atoms with Crippen LogP contribution in [-0.4, -0.2) is 53.1 Å². The van der Waals surface area contributed by atoms with E-state index in [1.165, 1.54) is 7.05 Å². The Bertz CT molecular complexity index is 965. The van der Waals surface area contributed by atoms with E-state index in [9.17, 15) is 18.0 Å². The molecule has 0 unspecified atom stereocenters.